The number of anilines is 1. The number of amides is 1. The fraction of sp³-hybridized carbons (Fsp3) is 0.138. The van der Waals surface area contributed by atoms with Crippen LogP contribution in [0.2, 0.25) is 0 Å². The topological polar surface area (TPSA) is 70.5 Å². The third-order valence-electron chi connectivity index (χ3n) is 6.36. The van der Waals surface area contributed by atoms with Crippen molar-refractivity contribution < 1.29 is 14.7 Å². The fourth-order valence-corrected chi connectivity index (χ4v) is 5.39. The van der Waals surface area contributed by atoms with Gasteiger partial charge in [0, 0.05) is 11.3 Å². The lowest BCUT2D eigenvalue weighted by atomic mass is 9.94. The molecule has 5 rings (SSSR count). The Morgan fingerprint density at radius 1 is 0.914 bits per heavy atom. The van der Waals surface area contributed by atoms with Crippen molar-refractivity contribution in [3.63, 3.8) is 0 Å². The number of carbonyl (C=O) groups is 2. The van der Waals surface area contributed by atoms with Crippen LogP contribution >= 0.6 is 11.3 Å². The van der Waals surface area contributed by atoms with E-state index in [1.165, 1.54) is 16.2 Å². The number of hydrogen-bond donors (Lipinski definition) is 1. The third kappa shape index (κ3) is 3.96. The Bertz CT molecular complexity index is 1470. The minimum absolute atomic E-state index is 0.0748. The highest BCUT2D eigenvalue weighted by Crippen LogP contribution is 2.43. The van der Waals surface area contributed by atoms with Gasteiger partial charge in [-0.25, -0.2) is 4.98 Å². The van der Waals surface area contributed by atoms with Crippen LogP contribution in [-0.2, 0) is 4.79 Å². The molecule has 1 aromatic heterocycles. The van der Waals surface area contributed by atoms with Crippen molar-refractivity contribution in [2.24, 2.45) is 0 Å². The van der Waals surface area contributed by atoms with Crippen LogP contribution in [0.3, 0.4) is 0 Å². The number of rotatable bonds is 5. The molecule has 0 radical (unpaired) electrons. The molecule has 6 heteroatoms. The number of nitrogens with zero attached hydrogens (tertiary/aromatic N) is 2. The first kappa shape index (κ1) is 22.7. The molecule has 35 heavy (non-hydrogen) atoms. The molecule has 1 amide bonds. The number of aromatic nitrogens is 1. The Hall–Kier alpha value is -4.03. The van der Waals surface area contributed by atoms with Crippen LogP contribution in [0.1, 0.15) is 38.1 Å². The summed E-state index contributed by atoms with van der Waals surface area (Å²) in [4.78, 5) is 33.9. The molecular formula is C29H24N2O3S. The second kappa shape index (κ2) is 8.96. The number of thiazole rings is 1. The number of benzene rings is 3. The van der Waals surface area contributed by atoms with Crippen LogP contribution < -0.4 is 4.90 Å². The van der Waals surface area contributed by atoms with Crippen molar-refractivity contribution in [1.82, 2.24) is 4.98 Å². The van der Waals surface area contributed by atoms with Crippen molar-refractivity contribution >= 4 is 28.7 Å². The Kier molecular flexibility index (Phi) is 5.83. The van der Waals surface area contributed by atoms with Crippen LogP contribution in [0.5, 0.6) is 0 Å². The minimum Gasteiger partial charge on any atom is -0.503 e. The predicted octanol–water partition coefficient (Wildman–Crippen LogP) is 6.52. The molecule has 0 saturated heterocycles. The van der Waals surface area contributed by atoms with Crippen LogP contribution in [0.15, 0.2) is 90.2 Å². The van der Waals surface area contributed by atoms with E-state index in [0.717, 1.165) is 27.3 Å². The van der Waals surface area contributed by atoms with E-state index in [1.807, 2.05) is 92.7 Å². The second-order valence-electron chi connectivity index (χ2n) is 8.65. The van der Waals surface area contributed by atoms with Crippen LogP contribution in [-0.4, -0.2) is 21.8 Å². The normalized spacial score (nSPS) is 15.7. The van der Waals surface area contributed by atoms with Crippen LogP contribution in [0, 0.1) is 20.8 Å². The molecule has 1 N–H and O–H groups in total. The number of aliphatic hydroxyl groups is 1. The molecule has 1 aliphatic rings. The highest BCUT2D eigenvalue weighted by atomic mass is 32.1. The van der Waals surface area contributed by atoms with Gasteiger partial charge in [0.05, 0.1) is 22.2 Å². The van der Waals surface area contributed by atoms with Gasteiger partial charge in [0.15, 0.2) is 5.76 Å². The molecule has 4 aromatic rings. The van der Waals surface area contributed by atoms with Crippen molar-refractivity contribution in [2.45, 2.75) is 26.8 Å². The first-order valence-corrected chi connectivity index (χ1v) is 12.1. The van der Waals surface area contributed by atoms with Gasteiger partial charge >= 0.3 is 0 Å². The zero-order valence-corrected chi connectivity index (χ0v) is 20.5. The molecule has 174 valence electrons. The van der Waals surface area contributed by atoms with Gasteiger partial charge in [0.25, 0.3) is 5.91 Å². The van der Waals surface area contributed by atoms with E-state index in [-0.39, 0.29) is 11.4 Å². The maximum absolute atomic E-state index is 13.9. The van der Waals surface area contributed by atoms with E-state index in [2.05, 4.69) is 4.98 Å². The second-order valence-corrected chi connectivity index (χ2v) is 9.65. The molecule has 0 spiro atoms. The first-order valence-electron chi connectivity index (χ1n) is 11.3. The zero-order chi connectivity index (χ0) is 24.7. The van der Waals surface area contributed by atoms with Gasteiger partial charge in [-0.2, -0.15) is 0 Å². The summed E-state index contributed by atoms with van der Waals surface area (Å²) in [6.07, 6.45) is 0. The third-order valence-corrected chi connectivity index (χ3v) is 7.57. The summed E-state index contributed by atoms with van der Waals surface area (Å²) in [7, 11) is 0. The molecule has 2 heterocycles. The van der Waals surface area contributed by atoms with Gasteiger partial charge in [0.1, 0.15) is 5.01 Å². The molecule has 3 aromatic carbocycles. The Morgan fingerprint density at radius 2 is 1.57 bits per heavy atom. The van der Waals surface area contributed by atoms with E-state index in [1.54, 1.807) is 6.92 Å². The Balaban J connectivity index is 1.63. The van der Waals surface area contributed by atoms with E-state index in [4.69, 9.17) is 0 Å². The van der Waals surface area contributed by atoms with Crippen molar-refractivity contribution in [3.8, 4) is 10.6 Å². The van der Waals surface area contributed by atoms with Gasteiger partial charge in [0.2, 0.25) is 5.78 Å². The minimum atomic E-state index is -0.750. The first-order chi connectivity index (χ1) is 16.9. The van der Waals surface area contributed by atoms with Crippen LogP contribution in [0.25, 0.3) is 10.6 Å². The number of aryl methyl sites for hydroxylation is 3. The highest BCUT2D eigenvalue weighted by molar-refractivity contribution is 7.17. The van der Waals surface area contributed by atoms with Crippen LogP contribution in [0.4, 0.5) is 5.69 Å². The van der Waals surface area contributed by atoms with E-state index >= 15 is 0 Å². The summed E-state index contributed by atoms with van der Waals surface area (Å²) in [6, 6.07) is 23.9. The summed E-state index contributed by atoms with van der Waals surface area (Å²) in [5.74, 6) is -1.49. The average Bonchev–Trinajstić information content (AvgIpc) is 3.39. The molecule has 0 aliphatic carbocycles. The largest absolute Gasteiger partial charge is 0.503 e. The Labute approximate surface area is 208 Å². The number of hydrogen-bond acceptors (Lipinski definition) is 5. The molecular weight excluding hydrogens is 456 g/mol. The zero-order valence-electron chi connectivity index (χ0n) is 19.6. The van der Waals surface area contributed by atoms with Crippen molar-refractivity contribution in [1.29, 1.82) is 0 Å². The maximum Gasteiger partial charge on any atom is 0.294 e. The lowest BCUT2D eigenvalue weighted by Crippen LogP contribution is -2.31. The quantitative estimate of drug-likeness (QED) is 0.330. The van der Waals surface area contributed by atoms with Gasteiger partial charge in [-0.15, -0.1) is 11.3 Å². The molecule has 0 bridgehead atoms. The highest BCUT2D eigenvalue weighted by Gasteiger charge is 2.45. The molecule has 1 unspecified atom stereocenters. The molecule has 5 nitrogen and oxygen atoms in total. The summed E-state index contributed by atoms with van der Waals surface area (Å²) < 4.78 is 0. The molecule has 0 saturated carbocycles. The molecule has 0 fully saturated rings. The van der Waals surface area contributed by atoms with E-state index in [0.29, 0.717) is 16.3 Å². The number of carbonyl (C=O) groups excluding carboxylic acids is 2. The number of ketones is 1. The van der Waals surface area contributed by atoms with Gasteiger partial charge in [-0.1, -0.05) is 66.7 Å². The lowest BCUT2D eigenvalue weighted by Gasteiger charge is -2.27. The maximum atomic E-state index is 13.9. The molecule has 1 aliphatic heterocycles. The summed E-state index contributed by atoms with van der Waals surface area (Å²) in [6.45, 7) is 5.76. The predicted molar refractivity (Wildman–Crippen MR) is 139 cm³/mol. The summed E-state index contributed by atoms with van der Waals surface area (Å²) >= 11 is 1.27. The lowest BCUT2D eigenvalue weighted by molar-refractivity contribution is -0.117. The van der Waals surface area contributed by atoms with E-state index < -0.39 is 17.7 Å². The smallest absolute Gasteiger partial charge is 0.294 e. The van der Waals surface area contributed by atoms with Gasteiger partial charge < -0.3 is 5.11 Å². The van der Waals surface area contributed by atoms with Gasteiger partial charge in [-0.3, -0.25) is 14.5 Å². The Morgan fingerprint density at radius 3 is 2.23 bits per heavy atom. The number of Topliss-reactive ketones (excluding diaryl/α,β-unsaturated/α-hetero) is 1. The number of aliphatic hydroxyl groups excluding tert-OH is 1. The monoisotopic (exact) mass is 480 g/mol. The average molecular weight is 481 g/mol. The standard InChI is InChI=1S/C29H24N2O3S/c1-17-14-15-22(16-18(17)2)31-24(20-10-6-4-7-11-20)23(26(33)29(31)34)25(32)27-19(3)30-28(35-27)21-12-8-5-9-13-21/h4-16,24,33H,1-3H3. The van der Waals surface area contributed by atoms with Crippen molar-refractivity contribution in [3.05, 3.63) is 117 Å². The summed E-state index contributed by atoms with van der Waals surface area (Å²) in [5, 5.41) is 11.8. The van der Waals surface area contributed by atoms with Gasteiger partial charge in [-0.05, 0) is 49.6 Å². The SMILES string of the molecule is Cc1ccc(N2C(=O)C(O)=C(C(=O)c3sc(-c4ccccc4)nc3C)C2c2ccccc2)cc1C. The summed E-state index contributed by atoms with van der Waals surface area (Å²) in [5.41, 5.74) is 5.06. The van der Waals surface area contributed by atoms with Crippen molar-refractivity contribution in [2.75, 3.05) is 4.90 Å². The molecule has 1 atom stereocenters. The fourth-order valence-electron chi connectivity index (χ4n) is 4.36. The van der Waals surface area contributed by atoms with E-state index in [9.17, 15) is 14.7 Å².